The van der Waals surface area contributed by atoms with E-state index >= 15 is 0 Å². The van der Waals surface area contributed by atoms with Crippen LogP contribution in [0, 0.1) is 17.2 Å². The zero-order valence-electron chi connectivity index (χ0n) is 8.71. The van der Waals surface area contributed by atoms with E-state index in [0.29, 0.717) is 22.6 Å². The second-order valence-electron chi connectivity index (χ2n) is 3.92. The molecule has 0 aliphatic heterocycles. The smallest absolute Gasteiger partial charge is 0.130 e. The maximum atomic E-state index is 14.1. The van der Waals surface area contributed by atoms with Crippen molar-refractivity contribution < 1.29 is 4.39 Å². The second-order valence-corrected chi connectivity index (χ2v) is 4.36. The highest BCUT2D eigenvalue weighted by molar-refractivity contribution is 6.30. The molecule has 1 aliphatic carbocycles. The van der Waals surface area contributed by atoms with E-state index in [4.69, 9.17) is 16.9 Å². The molecule has 0 saturated heterocycles. The van der Waals surface area contributed by atoms with Gasteiger partial charge in [-0.2, -0.15) is 5.26 Å². The third-order valence-corrected chi connectivity index (χ3v) is 3.15. The molecule has 2 rings (SSSR count). The fraction of sp³-hybridized carbons (Fsp3) is 0.308. The third-order valence-electron chi connectivity index (χ3n) is 2.89. The highest BCUT2D eigenvalue weighted by Crippen LogP contribution is 2.37. The standard InChI is InChI=1S/C13H11ClFN/c14-11-6-4-9(5-7-11)13(15)12-3-1-2-10(12)8-16/h4-7,10H,1-3H2/b13-12-/t10-/m0/s1. The van der Waals surface area contributed by atoms with Gasteiger partial charge in [-0.3, -0.25) is 0 Å². The Morgan fingerprint density at radius 3 is 2.69 bits per heavy atom. The molecule has 1 aromatic rings. The van der Waals surface area contributed by atoms with Crippen LogP contribution in [-0.4, -0.2) is 0 Å². The van der Waals surface area contributed by atoms with Crippen LogP contribution < -0.4 is 0 Å². The van der Waals surface area contributed by atoms with Gasteiger partial charge in [0.2, 0.25) is 0 Å². The van der Waals surface area contributed by atoms with Gasteiger partial charge in [-0.1, -0.05) is 23.7 Å². The van der Waals surface area contributed by atoms with Crippen LogP contribution in [0.4, 0.5) is 4.39 Å². The van der Waals surface area contributed by atoms with E-state index in [0.717, 1.165) is 12.8 Å². The highest BCUT2D eigenvalue weighted by atomic mass is 35.5. The second kappa shape index (κ2) is 4.67. The van der Waals surface area contributed by atoms with Crippen molar-refractivity contribution in [3.05, 3.63) is 40.4 Å². The molecule has 1 atom stereocenters. The summed E-state index contributed by atoms with van der Waals surface area (Å²) in [6, 6.07) is 8.77. The summed E-state index contributed by atoms with van der Waals surface area (Å²) in [5, 5.41) is 9.49. The number of hydrogen-bond donors (Lipinski definition) is 0. The van der Waals surface area contributed by atoms with Gasteiger partial charge in [-0.15, -0.1) is 0 Å². The van der Waals surface area contributed by atoms with Gasteiger partial charge >= 0.3 is 0 Å². The molecule has 0 radical (unpaired) electrons. The van der Waals surface area contributed by atoms with Crippen molar-refractivity contribution in [3.63, 3.8) is 0 Å². The first kappa shape index (κ1) is 11.2. The molecule has 3 heteroatoms. The predicted molar refractivity (Wildman–Crippen MR) is 62.4 cm³/mol. The molecule has 16 heavy (non-hydrogen) atoms. The average Bonchev–Trinajstić information content (AvgIpc) is 2.77. The van der Waals surface area contributed by atoms with E-state index in [1.807, 2.05) is 0 Å². The number of benzene rings is 1. The van der Waals surface area contributed by atoms with Crippen LogP contribution in [0.1, 0.15) is 24.8 Å². The molecule has 1 nitrogen and oxygen atoms in total. The minimum absolute atomic E-state index is 0.249. The van der Waals surface area contributed by atoms with Gasteiger partial charge in [0.15, 0.2) is 0 Å². The molecule has 1 fully saturated rings. The highest BCUT2D eigenvalue weighted by Gasteiger charge is 2.24. The monoisotopic (exact) mass is 235 g/mol. The largest absolute Gasteiger partial charge is 0.206 e. The Morgan fingerprint density at radius 2 is 2.06 bits per heavy atom. The Labute approximate surface area is 99.2 Å². The zero-order chi connectivity index (χ0) is 11.5. The van der Waals surface area contributed by atoms with Crippen LogP contribution >= 0.6 is 11.6 Å². The van der Waals surface area contributed by atoms with Gasteiger partial charge in [0.05, 0.1) is 12.0 Å². The van der Waals surface area contributed by atoms with Crippen LogP contribution in [0.25, 0.3) is 5.83 Å². The van der Waals surface area contributed by atoms with Crippen molar-refractivity contribution in [2.45, 2.75) is 19.3 Å². The molecule has 1 saturated carbocycles. The maximum Gasteiger partial charge on any atom is 0.130 e. The summed E-state index contributed by atoms with van der Waals surface area (Å²) in [5.41, 5.74) is 1.16. The molecular formula is C13H11ClFN. The summed E-state index contributed by atoms with van der Waals surface area (Å²) in [4.78, 5) is 0. The van der Waals surface area contributed by atoms with Crippen molar-refractivity contribution >= 4 is 17.4 Å². The predicted octanol–water partition coefficient (Wildman–Crippen LogP) is 4.34. The molecule has 0 N–H and O–H groups in total. The van der Waals surface area contributed by atoms with Crippen LogP contribution in [0.3, 0.4) is 0 Å². The first-order valence-corrected chi connectivity index (χ1v) is 5.64. The lowest BCUT2D eigenvalue weighted by molar-refractivity contribution is 0.721. The summed E-state index contributed by atoms with van der Waals surface area (Å²) in [7, 11) is 0. The first-order chi connectivity index (χ1) is 7.72. The topological polar surface area (TPSA) is 23.8 Å². The SMILES string of the molecule is N#C[C@@H]1CCC/C1=C(/F)c1ccc(Cl)cc1. The van der Waals surface area contributed by atoms with Gasteiger partial charge in [0, 0.05) is 10.6 Å². The first-order valence-electron chi connectivity index (χ1n) is 5.26. The fourth-order valence-corrected chi connectivity index (χ4v) is 2.16. The number of halogens is 2. The molecule has 0 unspecified atom stereocenters. The Balaban J connectivity index is 2.37. The van der Waals surface area contributed by atoms with E-state index in [9.17, 15) is 4.39 Å². The number of nitriles is 1. The lowest BCUT2D eigenvalue weighted by atomic mass is 10.0. The van der Waals surface area contributed by atoms with Gasteiger partial charge in [0.1, 0.15) is 5.83 Å². The van der Waals surface area contributed by atoms with Crippen LogP contribution in [-0.2, 0) is 0 Å². The minimum atomic E-state index is -0.254. The molecular weight excluding hydrogens is 225 g/mol. The van der Waals surface area contributed by atoms with Crippen molar-refractivity contribution in [1.29, 1.82) is 5.26 Å². The van der Waals surface area contributed by atoms with E-state index < -0.39 is 0 Å². The van der Waals surface area contributed by atoms with Gasteiger partial charge in [-0.05, 0) is 37.0 Å². The van der Waals surface area contributed by atoms with Crippen molar-refractivity contribution in [2.24, 2.45) is 5.92 Å². The molecule has 0 bridgehead atoms. The molecule has 0 heterocycles. The van der Waals surface area contributed by atoms with Crippen LogP contribution in [0.5, 0.6) is 0 Å². The zero-order valence-corrected chi connectivity index (χ0v) is 9.47. The van der Waals surface area contributed by atoms with Crippen molar-refractivity contribution in [3.8, 4) is 6.07 Å². The summed E-state index contributed by atoms with van der Waals surface area (Å²) >= 11 is 5.74. The summed E-state index contributed by atoms with van der Waals surface area (Å²) in [6.45, 7) is 0. The van der Waals surface area contributed by atoms with Crippen molar-refractivity contribution in [1.82, 2.24) is 0 Å². The molecule has 0 amide bonds. The minimum Gasteiger partial charge on any atom is -0.206 e. The van der Waals surface area contributed by atoms with Crippen LogP contribution in [0.2, 0.25) is 5.02 Å². The van der Waals surface area contributed by atoms with Gasteiger partial charge < -0.3 is 0 Å². The molecule has 1 aromatic carbocycles. The lowest BCUT2D eigenvalue weighted by Gasteiger charge is -2.06. The maximum absolute atomic E-state index is 14.1. The number of nitrogens with zero attached hydrogens (tertiary/aromatic N) is 1. The average molecular weight is 236 g/mol. The Hall–Kier alpha value is -1.33. The molecule has 0 spiro atoms. The van der Waals surface area contributed by atoms with E-state index in [-0.39, 0.29) is 11.7 Å². The van der Waals surface area contributed by atoms with Crippen molar-refractivity contribution in [2.75, 3.05) is 0 Å². The summed E-state index contributed by atoms with van der Waals surface area (Å²) in [6.07, 6.45) is 2.36. The summed E-state index contributed by atoms with van der Waals surface area (Å²) in [5.74, 6) is -0.503. The number of hydrogen-bond acceptors (Lipinski definition) is 1. The summed E-state index contributed by atoms with van der Waals surface area (Å²) < 4.78 is 14.1. The van der Waals surface area contributed by atoms with Crippen LogP contribution in [0.15, 0.2) is 29.8 Å². The molecule has 1 aliphatic rings. The fourth-order valence-electron chi connectivity index (χ4n) is 2.03. The van der Waals surface area contributed by atoms with E-state index in [1.165, 1.54) is 0 Å². The molecule has 82 valence electrons. The Kier molecular flexibility index (Phi) is 3.26. The Bertz CT molecular complexity index is 456. The van der Waals surface area contributed by atoms with Gasteiger partial charge in [0.25, 0.3) is 0 Å². The third kappa shape index (κ3) is 2.10. The quantitative estimate of drug-likeness (QED) is 0.710. The van der Waals surface area contributed by atoms with Gasteiger partial charge in [-0.25, -0.2) is 4.39 Å². The normalized spacial score (nSPS) is 22.9. The number of allylic oxidation sites excluding steroid dienone is 1. The van der Waals surface area contributed by atoms with E-state index in [1.54, 1.807) is 24.3 Å². The molecule has 0 aromatic heterocycles. The lowest BCUT2D eigenvalue weighted by Crippen LogP contribution is -1.94. The van der Waals surface area contributed by atoms with E-state index in [2.05, 4.69) is 6.07 Å². The number of rotatable bonds is 1. The Morgan fingerprint density at radius 1 is 1.38 bits per heavy atom.